The number of nitrogens with one attached hydrogen (secondary N) is 1. The molecule has 0 aliphatic rings. The van der Waals surface area contributed by atoms with E-state index in [9.17, 15) is 9.59 Å². The lowest BCUT2D eigenvalue weighted by Crippen LogP contribution is -2.17. The van der Waals surface area contributed by atoms with Gasteiger partial charge in [-0.2, -0.15) is 5.10 Å². The largest absolute Gasteiger partial charge is 0.422 e. The average Bonchev–Trinajstić information content (AvgIpc) is 2.72. The quantitative estimate of drug-likeness (QED) is 0.199. The van der Waals surface area contributed by atoms with E-state index in [1.165, 1.54) is 24.4 Å². The van der Waals surface area contributed by atoms with Gasteiger partial charge in [-0.05, 0) is 55.5 Å². The lowest BCUT2D eigenvalue weighted by Gasteiger charge is -2.08. The van der Waals surface area contributed by atoms with Crippen molar-refractivity contribution >= 4 is 57.2 Å². The van der Waals surface area contributed by atoms with E-state index in [1.54, 1.807) is 30.3 Å². The fraction of sp³-hybridized carbons (Fsp3) is 0.0455. The molecule has 30 heavy (non-hydrogen) atoms. The minimum atomic E-state index is -0.494. The summed E-state index contributed by atoms with van der Waals surface area (Å²) >= 11 is 15.2. The van der Waals surface area contributed by atoms with Crippen molar-refractivity contribution in [3.05, 3.63) is 97.4 Å². The molecule has 1 N–H and O–H groups in total. The number of benzene rings is 3. The number of hydrazone groups is 1. The number of hydrogen-bond donors (Lipinski definition) is 1. The van der Waals surface area contributed by atoms with Crippen molar-refractivity contribution in [2.24, 2.45) is 5.10 Å². The number of carbonyl (C=O) groups is 2. The highest BCUT2D eigenvalue weighted by molar-refractivity contribution is 9.10. The molecule has 0 saturated heterocycles. The van der Waals surface area contributed by atoms with Gasteiger partial charge >= 0.3 is 5.97 Å². The van der Waals surface area contributed by atoms with Crippen molar-refractivity contribution in [2.45, 2.75) is 6.92 Å². The zero-order chi connectivity index (χ0) is 21.7. The Bertz CT molecular complexity index is 1130. The molecule has 8 heteroatoms. The summed E-state index contributed by atoms with van der Waals surface area (Å²) in [4.78, 5) is 24.6. The van der Waals surface area contributed by atoms with Crippen molar-refractivity contribution in [3.8, 4) is 5.75 Å². The Labute approximate surface area is 191 Å². The summed E-state index contributed by atoms with van der Waals surface area (Å²) in [5, 5.41) is 4.57. The van der Waals surface area contributed by atoms with Crippen LogP contribution in [0.2, 0.25) is 10.0 Å². The molecule has 0 bridgehead atoms. The van der Waals surface area contributed by atoms with Crippen molar-refractivity contribution in [2.75, 3.05) is 0 Å². The lowest BCUT2D eigenvalue weighted by molar-refractivity contribution is 0.0734. The van der Waals surface area contributed by atoms with Gasteiger partial charge in [-0.25, -0.2) is 10.2 Å². The normalized spacial score (nSPS) is 10.8. The summed E-state index contributed by atoms with van der Waals surface area (Å²) in [6.07, 6.45) is 1.39. The number of nitrogens with zero attached hydrogens (tertiary/aromatic N) is 1. The number of halogens is 3. The predicted molar refractivity (Wildman–Crippen MR) is 122 cm³/mol. The van der Waals surface area contributed by atoms with Crippen molar-refractivity contribution in [3.63, 3.8) is 0 Å². The summed E-state index contributed by atoms with van der Waals surface area (Å²) in [6.45, 7) is 1.94. The fourth-order valence-electron chi connectivity index (χ4n) is 2.42. The number of esters is 1. The Morgan fingerprint density at radius 1 is 0.967 bits per heavy atom. The van der Waals surface area contributed by atoms with E-state index < -0.39 is 11.9 Å². The number of hydrogen-bond acceptors (Lipinski definition) is 4. The maximum Gasteiger partial charge on any atom is 0.343 e. The van der Waals surface area contributed by atoms with E-state index in [2.05, 4.69) is 26.5 Å². The molecule has 0 fully saturated rings. The van der Waals surface area contributed by atoms with Crippen LogP contribution in [0.3, 0.4) is 0 Å². The highest BCUT2D eigenvalue weighted by Crippen LogP contribution is 2.24. The number of amides is 1. The zero-order valence-corrected chi connectivity index (χ0v) is 18.8. The van der Waals surface area contributed by atoms with Crippen molar-refractivity contribution in [1.82, 2.24) is 5.43 Å². The van der Waals surface area contributed by atoms with Crippen LogP contribution < -0.4 is 10.2 Å². The standard InChI is InChI=1S/C22H15BrCl2N2O3/c1-13-2-4-14(5-3-13)22(29)30-20-9-7-17(23)10-16(20)12-26-27-21(28)15-6-8-18(24)19(25)11-15/h2-12H,1H3,(H,27,28)/b26-12-. The first-order chi connectivity index (χ1) is 14.3. The first-order valence-electron chi connectivity index (χ1n) is 8.70. The molecule has 1 amide bonds. The molecule has 0 heterocycles. The Morgan fingerprint density at radius 2 is 1.67 bits per heavy atom. The van der Waals surface area contributed by atoms with Gasteiger partial charge in [-0.15, -0.1) is 0 Å². The van der Waals surface area contributed by atoms with E-state index >= 15 is 0 Å². The molecular weight excluding hydrogens is 491 g/mol. The smallest absolute Gasteiger partial charge is 0.343 e. The maximum absolute atomic E-state index is 12.4. The molecule has 3 rings (SSSR count). The van der Waals surface area contributed by atoms with Crippen LogP contribution in [0.25, 0.3) is 0 Å². The minimum Gasteiger partial charge on any atom is -0.422 e. The number of aryl methyl sites for hydroxylation is 1. The third-order valence-electron chi connectivity index (χ3n) is 4.01. The monoisotopic (exact) mass is 504 g/mol. The average molecular weight is 506 g/mol. The molecular formula is C22H15BrCl2N2O3. The van der Waals surface area contributed by atoms with E-state index in [0.29, 0.717) is 27.5 Å². The van der Waals surface area contributed by atoms with Crippen LogP contribution in [0, 0.1) is 6.92 Å². The highest BCUT2D eigenvalue weighted by Gasteiger charge is 2.12. The van der Waals surface area contributed by atoms with Crippen LogP contribution in [0.4, 0.5) is 0 Å². The zero-order valence-electron chi connectivity index (χ0n) is 15.7. The van der Waals surface area contributed by atoms with Gasteiger partial charge in [0.15, 0.2) is 0 Å². The van der Waals surface area contributed by atoms with Crippen LogP contribution >= 0.6 is 39.1 Å². The number of carbonyl (C=O) groups excluding carboxylic acids is 2. The minimum absolute atomic E-state index is 0.269. The Kier molecular flexibility index (Phi) is 7.26. The predicted octanol–water partition coefficient (Wildman–Crippen LogP) is 6.05. The van der Waals surface area contributed by atoms with Crippen molar-refractivity contribution < 1.29 is 14.3 Å². The first kappa shape index (κ1) is 22.0. The first-order valence-corrected chi connectivity index (χ1v) is 10.3. The van der Waals surface area contributed by atoms with Crippen LogP contribution in [0.1, 0.15) is 31.8 Å². The molecule has 152 valence electrons. The molecule has 0 aromatic heterocycles. The second-order valence-electron chi connectivity index (χ2n) is 6.27. The van der Waals surface area contributed by atoms with Gasteiger partial charge in [-0.1, -0.05) is 56.8 Å². The highest BCUT2D eigenvalue weighted by atomic mass is 79.9. The second kappa shape index (κ2) is 9.89. The molecule has 3 aromatic carbocycles. The summed E-state index contributed by atoms with van der Waals surface area (Å²) in [7, 11) is 0. The molecule has 0 radical (unpaired) electrons. The molecule has 0 unspecified atom stereocenters. The summed E-state index contributed by atoms with van der Waals surface area (Å²) < 4.78 is 6.26. The Morgan fingerprint density at radius 3 is 2.37 bits per heavy atom. The van der Waals surface area contributed by atoms with E-state index in [-0.39, 0.29) is 5.02 Å². The van der Waals surface area contributed by atoms with Gasteiger partial charge in [0.1, 0.15) is 5.75 Å². The Hall–Kier alpha value is -2.67. The van der Waals surface area contributed by atoms with Crippen LogP contribution in [0.5, 0.6) is 5.75 Å². The molecule has 0 aliphatic carbocycles. The van der Waals surface area contributed by atoms with E-state index in [4.69, 9.17) is 27.9 Å². The van der Waals surface area contributed by atoms with E-state index in [1.807, 2.05) is 19.1 Å². The molecule has 5 nitrogen and oxygen atoms in total. The molecule has 0 saturated carbocycles. The molecule has 0 aliphatic heterocycles. The SMILES string of the molecule is Cc1ccc(C(=O)Oc2ccc(Br)cc2/C=N\NC(=O)c2ccc(Cl)c(Cl)c2)cc1. The lowest BCUT2D eigenvalue weighted by atomic mass is 10.1. The van der Waals surface area contributed by atoms with Gasteiger partial charge < -0.3 is 4.74 Å². The number of rotatable bonds is 5. The van der Waals surface area contributed by atoms with Gasteiger partial charge in [-0.3, -0.25) is 4.79 Å². The molecule has 0 spiro atoms. The van der Waals surface area contributed by atoms with Crippen LogP contribution in [-0.2, 0) is 0 Å². The van der Waals surface area contributed by atoms with Gasteiger partial charge in [0.2, 0.25) is 0 Å². The number of ether oxygens (including phenoxy) is 1. The van der Waals surface area contributed by atoms with Crippen LogP contribution in [0.15, 0.2) is 70.2 Å². The van der Waals surface area contributed by atoms with Crippen molar-refractivity contribution in [1.29, 1.82) is 0 Å². The van der Waals surface area contributed by atoms with Gasteiger partial charge in [0, 0.05) is 15.6 Å². The third-order valence-corrected chi connectivity index (χ3v) is 5.25. The van der Waals surface area contributed by atoms with Crippen LogP contribution in [-0.4, -0.2) is 18.1 Å². The molecule has 3 aromatic rings. The summed E-state index contributed by atoms with van der Waals surface area (Å²) in [6, 6.07) is 16.7. The van der Waals surface area contributed by atoms with Gasteiger partial charge in [0.25, 0.3) is 5.91 Å². The van der Waals surface area contributed by atoms with E-state index in [0.717, 1.165) is 10.0 Å². The summed E-state index contributed by atoms with van der Waals surface area (Å²) in [5.74, 6) is -0.652. The summed E-state index contributed by atoms with van der Waals surface area (Å²) in [5.41, 5.74) is 4.68. The maximum atomic E-state index is 12.4. The topological polar surface area (TPSA) is 67.8 Å². The van der Waals surface area contributed by atoms with Gasteiger partial charge in [0.05, 0.1) is 21.8 Å². The third kappa shape index (κ3) is 5.69. The fourth-order valence-corrected chi connectivity index (χ4v) is 3.10. The molecule has 0 atom stereocenters. The second-order valence-corrected chi connectivity index (χ2v) is 8.00. The Balaban J connectivity index is 1.74.